The molecule has 8 unspecified atom stereocenters. The molecule has 9 atom stereocenters. The van der Waals surface area contributed by atoms with Crippen LogP contribution in [0.4, 0.5) is 0 Å². The number of carbonyl (C=O) groups is 5. The lowest BCUT2D eigenvalue weighted by Gasteiger charge is -2.34. The highest BCUT2D eigenvalue weighted by Crippen LogP contribution is 2.22. The predicted molar refractivity (Wildman–Crippen MR) is 318 cm³/mol. The second-order valence-electron chi connectivity index (χ2n) is 22.5. The number of aliphatic hydroxyl groups excluding tert-OH is 6. The number of rotatable bonds is 56. The van der Waals surface area contributed by atoms with Gasteiger partial charge in [0.2, 0.25) is 29.5 Å². The molecule has 0 aliphatic carbocycles. The van der Waals surface area contributed by atoms with E-state index in [9.17, 15) is 54.6 Å². The van der Waals surface area contributed by atoms with Crippen LogP contribution in [0.5, 0.6) is 0 Å². The highest BCUT2D eigenvalue weighted by Gasteiger charge is 2.34. The number of aliphatic hydroxyl groups is 6. The van der Waals surface area contributed by atoms with Gasteiger partial charge >= 0.3 is 0 Å². The largest absolute Gasteiger partial charge is 0.394 e. The highest BCUT2D eigenvalue weighted by molar-refractivity contribution is 5.78. The quantitative estimate of drug-likeness (QED) is 0.0308. The van der Waals surface area contributed by atoms with Gasteiger partial charge in [-0.3, -0.25) is 29.3 Å². The van der Waals surface area contributed by atoms with E-state index in [1.165, 1.54) is 6.92 Å². The first-order chi connectivity index (χ1) is 41.2. The summed E-state index contributed by atoms with van der Waals surface area (Å²) in [5.41, 5.74) is -1.01. The van der Waals surface area contributed by atoms with E-state index in [4.69, 9.17) is 37.9 Å². The Hall–Kier alpha value is -3.25. The third-order valence-electron chi connectivity index (χ3n) is 14.8. The van der Waals surface area contributed by atoms with E-state index in [1.807, 2.05) is 11.8 Å². The number of carbonyl (C=O) groups excluding carboxylic acids is 5. The SMILES string of the molecule is CCCOCC(COCCCOCNCCCNC(=O)CCCCOC(C)OC(CO)C(O)C(C)O)(COCCC(=O)NCCCNC(=O)CCCCOC1CCC(O)C(CO)O1)NC(=O)CCCCCCCCCCC(=O)N1CCC[C@H]1CO. The fraction of sp³-hybridized carbons (Fsp3) is 0.917. The van der Waals surface area contributed by atoms with Gasteiger partial charge in [0.25, 0.3) is 0 Å². The maximum atomic E-state index is 13.6. The molecule has 2 saturated heterocycles. The third-order valence-corrected chi connectivity index (χ3v) is 14.8. The van der Waals surface area contributed by atoms with E-state index < -0.39 is 55.2 Å². The lowest BCUT2D eigenvalue weighted by molar-refractivity contribution is -0.229. The Bertz CT molecular complexity index is 1710. The van der Waals surface area contributed by atoms with Crippen LogP contribution in [-0.4, -0.2) is 238 Å². The number of likely N-dealkylation sites (tertiary alicyclic amines) is 1. The Morgan fingerprint density at radius 3 is 1.79 bits per heavy atom. The number of nitrogens with zero attached hydrogens (tertiary/aromatic N) is 1. The van der Waals surface area contributed by atoms with Crippen molar-refractivity contribution in [2.75, 3.05) is 119 Å². The summed E-state index contributed by atoms with van der Waals surface area (Å²) in [6, 6.07) is -0.0237. The summed E-state index contributed by atoms with van der Waals surface area (Å²) in [6.07, 6.45) is 11.5. The first kappa shape index (κ1) is 77.8. The number of amides is 5. The van der Waals surface area contributed by atoms with Crippen molar-refractivity contribution in [1.29, 1.82) is 0 Å². The molecule has 0 radical (unpaired) electrons. The van der Waals surface area contributed by atoms with Gasteiger partial charge in [-0.05, 0) is 104 Å². The van der Waals surface area contributed by atoms with Gasteiger partial charge in [0, 0.05) is 91.1 Å². The molecule has 2 rings (SSSR count). The fourth-order valence-corrected chi connectivity index (χ4v) is 9.75. The summed E-state index contributed by atoms with van der Waals surface area (Å²) in [4.78, 5) is 65.4. The summed E-state index contributed by atoms with van der Waals surface area (Å²) in [6.45, 7) is 9.74. The average molecular weight is 1220 g/mol. The molecule has 0 bridgehead atoms. The van der Waals surface area contributed by atoms with Crippen LogP contribution in [0, 0.1) is 0 Å². The van der Waals surface area contributed by atoms with Crippen LogP contribution < -0.4 is 26.6 Å². The molecule has 2 aliphatic rings. The van der Waals surface area contributed by atoms with Gasteiger partial charge < -0.3 is 94.7 Å². The Morgan fingerprint density at radius 1 is 0.600 bits per heavy atom. The lowest BCUT2D eigenvalue weighted by atomic mass is 10.0. The predicted octanol–water partition coefficient (Wildman–Crippen LogP) is 2.36. The number of hydrogen-bond acceptors (Lipinski definition) is 20. The third kappa shape index (κ3) is 38.7. The molecular weight excluding hydrogens is 1110 g/mol. The van der Waals surface area contributed by atoms with E-state index in [2.05, 4.69) is 26.6 Å². The van der Waals surface area contributed by atoms with Gasteiger partial charge in [-0.1, -0.05) is 45.4 Å². The average Bonchev–Trinajstić information content (AvgIpc) is 4.09. The van der Waals surface area contributed by atoms with E-state index in [0.717, 1.165) is 77.2 Å². The van der Waals surface area contributed by atoms with E-state index >= 15 is 0 Å². The number of unbranched alkanes of at least 4 members (excludes halogenated alkanes) is 9. The molecule has 0 saturated carbocycles. The molecule has 0 aromatic carbocycles. The molecule has 0 aromatic rings. The molecule has 498 valence electrons. The van der Waals surface area contributed by atoms with Crippen LogP contribution in [0.3, 0.4) is 0 Å². The van der Waals surface area contributed by atoms with Crippen molar-refractivity contribution in [3.8, 4) is 0 Å². The monoisotopic (exact) mass is 1220 g/mol. The fourth-order valence-electron chi connectivity index (χ4n) is 9.75. The Morgan fingerprint density at radius 2 is 1.16 bits per heavy atom. The van der Waals surface area contributed by atoms with E-state index in [0.29, 0.717) is 149 Å². The van der Waals surface area contributed by atoms with Gasteiger partial charge in [0.05, 0.1) is 77.8 Å². The van der Waals surface area contributed by atoms with Crippen molar-refractivity contribution < 1.29 is 92.5 Å². The summed E-state index contributed by atoms with van der Waals surface area (Å²) in [7, 11) is 0. The molecule has 25 heteroatoms. The van der Waals surface area contributed by atoms with Gasteiger partial charge in [0.1, 0.15) is 23.9 Å². The van der Waals surface area contributed by atoms with Crippen LogP contribution in [0.1, 0.15) is 181 Å². The summed E-state index contributed by atoms with van der Waals surface area (Å²) in [5.74, 6) is -0.339. The normalized spacial score (nSPS) is 19.2. The summed E-state index contributed by atoms with van der Waals surface area (Å²) >= 11 is 0. The minimum absolute atomic E-state index is 0.0237. The summed E-state index contributed by atoms with van der Waals surface area (Å²) < 4.78 is 46.3. The van der Waals surface area contributed by atoms with E-state index in [1.54, 1.807) is 6.92 Å². The minimum atomic E-state index is -1.24. The Balaban J connectivity index is 1.72. The zero-order valence-electron chi connectivity index (χ0n) is 52.0. The number of ether oxygens (including phenoxy) is 8. The molecule has 25 nitrogen and oxygen atoms in total. The molecule has 2 fully saturated rings. The van der Waals surface area contributed by atoms with Crippen molar-refractivity contribution in [3.63, 3.8) is 0 Å². The van der Waals surface area contributed by atoms with E-state index in [-0.39, 0.29) is 81.6 Å². The van der Waals surface area contributed by atoms with Crippen LogP contribution in [0.2, 0.25) is 0 Å². The van der Waals surface area contributed by atoms with Crippen LogP contribution in [0.25, 0.3) is 0 Å². The first-order valence-electron chi connectivity index (χ1n) is 32.0. The van der Waals surface area contributed by atoms with Gasteiger partial charge in [0.15, 0.2) is 12.6 Å². The molecule has 2 heterocycles. The topological polar surface area (TPSA) is 344 Å². The number of hydrogen-bond donors (Lipinski definition) is 11. The maximum absolute atomic E-state index is 13.6. The molecular formula is C60H114N6O19. The van der Waals surface area contributed by atoms with Gasteiger partial charge in [-0.2, -0.15) is 0 Å². The van der Waals surface area contributed by atoms with Gasteiger partial charge in [-0.15, -0.1) is 0 Å². The molecule has 11 N–H and O–H groups in total. The molecule has 5 amide bonds. The smallest absolute Gasteiger partial charge is 0.222 e. The van der Waals surface area contributed by atoms with Crippen LogP contribution >= 0.6 is 0 Å². The molecule has 0 aromatic heterocycles. The van der Waals surface area contributed by atoms with Crippen molar-refractivity contribution in [2.24, 2.45) is 0 Å². The van der Waals surface area contributed by atoms with Crippen molar-refractivity contribution in [1.82, 2.24) is 31.5 Å². The second-order valence-corrected chi connectivity index (χ2v) is 22.5. The standard InChI is InChI=1S/C60H114N6O19/c1-4-34-78-43-60(65-56(75)24-11-9-7-5-6-8-10-12-25-57(76)66-33-17-21-49(66)40-67,45-80-39-28-55(74)64-32-19-31-63-54(73)23-14-16-38-83-58-27-26-50(71)51(41-68)85-58)44-79-35-20-36-81-46-61-29-18-30-62-53(72)22-13-15-37-82-48(3)84-52(42-69)59(77)47(2)70/h47-52,58-59,61,67-71,77H,4-46H2,1-3H3,(H,62,72)(H,63,73)(H,64,74)(H,65,75)/t47?,48?,49-,50?,51?,52?,58?,59?,60?/m0/s1. The van der Waals surface area contributed by atoms with Crippen LogP contribution in [0.15, 0.2) is 0 Å². The Kier molecular flexibility index (Phi) is 46.3. The maximum Gasteiger partial charge on any atom is 0.222 e. The van der Waals surface area contributed by atoms with Crippen molar-refractivity contribution in [2.45, 2.75) is 236 Å². The Labute approximate surface area is 506 Å². The first-order valence-corrected chi connectivity index (χ1v) is 32.0. The van der Waals surface area contributed by atoms with Gasteiger partial charge in [-0.25, -0.2) is 0 Å². The van der Waals surface area contributed by atoms with Crippen LogP contribution in [-0.2, 0) is 61.9 Å². The second kappa shape index (κ2) is 50.6. The summed E-state index contributed by atoms with van der Waals surface area (Å²) in [5, 5.41) is 72.7. The van der Waals surface area contributed by atoms with Crippen molar-refractivity contribution in [3.05, 3.63) is 0 Å². The molecule has 0 spiro atoms. The molecule has 2 aliphatic heterocycles. The number of nitrogens with one attached hydrogen (secondary N) is 5. The molecule has 85 heavy (non-hydrogen) atoms. The minimum Gasteiger partial charge on any atom is -0.394 e. The lowest BCUT2D eigenvalue weighted by Crippen LogP contribution is -2.58. The zero-order chi connectivity index (χ0) is 62.2. The zero-order valence-corrected chi connectivity index (χ0v) is 52.0. The highest BCUT2D eigenvalue weighted by atomic mass is 16.7. The van der Waals surface area contributed by atoms with Crippen molar-refractivity contribution >= 4 is 29.5 Å².